The van der Waals surface area contributed by atoms with E-state index >= 15 is 0 Å². The highest BCUT2D eigenvalue weighted by Crippen LogP contribution is 2.38. The van der Waals surface area contributed by atoms with E-state index in [-0.39, 0.29) is 11.8 Å². The molecule has 0 saturated heterocycles. The zero-order valence-corrected chi connectivity index (χ0v) is 13.9. The summed E-state index contributed by atoms with van der Waals surface area (Å²) in [6.45, 7) is 2.03. The highest BCUT2D eigenvalue weighted by Gasteiger charge is 2.16. The summed E-state index contributed by atoms with van der Waals surface area (Å²) in [7, 11) is 0. The average Bonchev–Trinajstić information content (AvgIpc) is 2.39. The van der Waals surface area contributed by atoms with E-state index in [1.165, 1.54) is 0 Å². The largest absolute Gasteiger partial charge is 0.508 e. The Morgan fingerprint density at radius 3 is 2.35 bits per heavy atom. The second-order valence-corrected chi connectivity index (χ2v) is 6.14. The number of hydrogen-bond donors (Lipinski definition) is 2. The average molecular weight is 375 g/mol. The zero-order valence-electron chi connectivity index (χ0n) is 10.8. The van der Waals surface area contributed by atoms with Crippen LogP contribution in [0, 0.1) is 0 Å². The standard InChI is InChI=1S/C15H14BrCl2NO/c1-2-13(10-5-3-4-6-14(10)20)19-15-11(17)7-9(16)8-12(15)18/h3-8,13,19-20H,2H2,1H3. The Morgan fingerprint density at radius 1 is 1.20 bits per heavy atom. The van der Waals surface area contributed by atoms with Crippen LogP contribution in [0.2, 0.25) is 10.0 Å². The molecule has 2 nitrogen and oxygen atoms in total. The van der Waals surface area contributed by atoms with Gasteiger partial charge in [-0.2, -0.15) is 0 Å². The lowest BCUT2D eigenvalue weighted by Crippen LogP contribution is -2.10. The topological polar surface area (TPSA) is 32.3 Å². The smallest absolute Gasteiger partial charge is 0.120 e. The van der Waals surface area contributed by atoms with Gasteiger partial charge in [0.2, 0.25) is 0 Å². The Kier molecular flexibility index (Phi) is 5.19. The lowest BCUT2D eigenvalue weighted by atomic mass is 10.0. The van der Waals surface area contributed by atoms with Crippen molar-refractivity contribution in [1.29, 1.82) is 0 Å². The van der Waals surface area contributed by atoms with Gasteiger partial charge in [0.15, 0.2) is 0 Å². The summed E-state index contributed by atoms with van der Waals surface area (Å²) in [5.41, 5.74) is 1.50. The van der Waals surface area contributed by atoms with E-state index in [9.17, 15) is 5.11 Å². The normalized spacial score (nSPS) is 12.2. The van der Waals surface area contributed by atoms with E-state index in [4.69, 9.17) is 23.2 Å². The molecule has 0 aliphatic carbocycles. The molecule has 1 atom stereocenters. The summed E-state index contributed by atoms with van der Waals surface area (Å²) < 4.78 is 0.827. The zero-order chi connectivity index (χ0) is 14.7. The molecule has 0 fully saturated rings. The fourth-order valence-electron chi connectivity index (χ4n) is 2.04. The first kappa shape index (κ1) is 15.5. The van der Waals surface area contributed by atoms with Crippen molar-refractivity contribution in [3.63, 3.8) is 0 Å². The summed E-state index contributed by atoms with van der Waals surface area (Å²) in [4.78, 5) is 0. The third-order valence-electron chi connectivity index (χ3n) is 3.05. The number of rotatable bonds is 4. The molecule has 0 heterocycles. The molecule has 0 aliphatic rings. The number of aromatic hydroxyl groups is 1. The fraction of sp³-hybridized carbons (Fsp3) is 0.200. The van der Waals surface area contributed by atoms with Crippen LogP contribution in [0.4, 0.5) is 5.69 Å². The molecule has 0 bridgehead atoms. The van der Waals surface area contributed by atoms with Gasteiger partial charge in [-0.3, -0.25) is 0 Å². The molecular formula is C15H14BrCl2NO. The summed E-state index contributed by atoms with van der Waals surface area (Å²) in [6.07, 6.45) is 0.792. The number of nitrogens with one attached hydrogen (secondary N) is 1. The minimum absolute atomic E-state index is 0.0626. The molecule has 0 aliphatic heterocycles. The molecule has 2 rings (SSSR count). The Labute approximate surface area is 136 Å². The van der Waals surface area contributed by atoms with E-state index in [0.717, 1.165) is 16.5 Å². The number of hydrogen-bond acceptors (Lipinski definition) is 2. The summed E-state index contributed by atoms with van der Waals surface area (Å²) in [5.74, 6) is 0.260. The SMILES string of the molecule is CCC(Nc1c(Cl)cc(Br)cc1Cl)c1ccccc1O. The number of phenols is 1. The van der Waals surface area contributed by atoms with Crippen molar-refractivity contribution in [2.75, 3.05) is 5.32 Å². The first-order valence-corrected chi connectivity index (χ1v) is 7.76. The van der Waals surface area contributed by atoms with Crippen molar-refractivity contribution >= 4 is 44.8 Å². The van der Waals surface area contributed by atoms with Crippen LogP contribution in [-0.2, 0) is 0 Å². The number of halogens is 3. The van der Waals surface area contributed by atoms with Gasteiger partial charge >= 0.3 is 0 Å². The molecule has 0 aromatic heterocycles. The molecule has 20 heavy (non-hydrogen) atoms. The van der Waals surface area contributed by atoms with E-state index in [2.05, 4.69) is 21.2 Å². The van der Waals surface area contributed by atoms with E-state index < -0.39 is 0 Å². The van der Waals surface area contributed by atoms with Crippen LogP contribution in [0.5, 0.6) is 5.75 Å². The van der Waals surface area contributed by atoms with Gasteiger partial charge in [0.05, 0.1) is 21.8 Å². The third kappa shape index (κ3) is 3.40. The Morgan fingerprint density at radius 2 is 1.80 bits per heavy atom. The molecule has 0 spiro atoms. The predicted octanol–water partition coefficient (Wildman–Crippen LogP) is 6.02. The molecule has 2 aromatic carbocycles. The van der Waals surface area contributed by atoms with Crippen molar-refractivity contribution in [2.24, 2.45) is 0 Å². The van der Waals surface area contributed by atoms with Crippen LogP contribution in [0.1, 0.15) is 24.9 Å². The second kappa shape index (κ2) is 6.70. The van der Waals surface area contributed by atoms with Gasteiger partial charge in [-0.1, -0.05) is 64.3 Å². The van der Waals surface area contributed by atoms with Crippen molar-refractivity contribution in [2.45, 2.75) is 19.4 Å². The van der Waals surface area contributed by atoms with E-state index in [1.807, 2.05) is 19.1 Å². The van der Waals surface area contributed by atoms with Crippen LogP contribution in [0.3, 0.4) is 0 Å². The van der Waals surface area contributed by atoms with Gasteiger partial charge < -0.3 is 10.4 Å². The van der Waals surface area contributed by atoms with Gasteiger partial charge in [0.25, 0.3) is 0 Å². The van der Waals surface area contributed by atoms with Crippen LogP contribution in [0.15, 0.2) is 40.9 Å². The first-order chi connectivity index (χ1) is 9.52. The van der Waals surface area contributed by atoms with Crippen LogP contribution in [-0.4, -0.2) is 5.11 Å². The van der Waals surface area contributed by atoms with Gasteiger partial charge in [-0.25, -0.2) is 0 Å². The molecule has 0 radical (unpaired) electrons. The lowest BCUT2D eigenvalue weighted by Gasteiger charge is -2.21. The van der Waals surface area contributed by atoms with Crippen molar-refractivity contribution in [3.05, 3.63) is 56.5 Å². The van der Waals surface area contributed by atoms with Crippen molar-refractivity contribution in [1.82, 2.24) is 0 Å². The molecule has 2 N–H and O–H groups in total. The number of phenolic OH excluding ortho intramolecular Hbond substituents is 1. The van der Waals surface area contributed by atoms with E-state index in [1.54, 1.807) is 24.3 Å². The summed E-state index contributed by atoms with van der Waals surface area (Å²) >= 11 is 15.8. The minimum atomic E-state index is -0.0626. The molecule has 0 saturated carbocycles. The molecule has 1 unspecified atom stereocenters. The first-order valence-electron chi connectivity index (χ1n) is 6.22. The van der Waals surface area contributed by atoms with Crippen LogP contribution in [0.25, 0.3) is 0 Å². The van der Waals surface area contributed by atoms with Gasteiger partial charge in [0.1, 0.15) is 5.75 Å². The lowest BCUT2D eigenvalue weighted by molar-refractivity contribution is 0.463. The molecule has 0 amide bonds. The quantitative estimate of drug-likeness (QED) is 0.685. The molecule has 5 heteroatoms. The maximum atomic E-state index is 9.96. The highest BCUT2D eigenvalue weighted by atomic mass is 79.9. The molecular weight excluding hydrogens is 361 g/mol. The molecule has 2 aromatic rings. The number of para-hydroxylation sites is 1. The fourth-order valence-corrected chi connectivity index (χ4v) is 3.35. The second-order valence-electron chi connectivity index (χ2n) is 4.41. The maximum Gasteiger partial charge on any atom is 0.120 e. The van der Waals surface area contributed by atoms with Crippen molar-refractivity contribution < 1.29 is 5.11 Å². The monoisotopic (exact) mass is 373 g/mol. The number of anilines is 1. The third-order valence-corrected chi connectivity index (χ3v) is 4.10. The van der Waals surface area contributed by atoms with Gasteiger partial charge in [0, 0.05) is 10.0 Å². The van der Waals surface area contributed by atoms with Gasteiger partial charge in [-0.15, -0.1) is 0 Å². The van der Waals surface area contributed by atoms with Gasteiger partial charge in [-0.05, 0) is 24.6 Å². The Balaban J connectivity index is 2.35. The van der Waals surface area contributed by atoms with E-state index in [0.29, 0.717) is 15.7 Å². The van der Waals surface area contributed by atoms with Crippen molar-refractivity contribution in [3.8, 4) is 5.75 Å². The summed E-state index contributed by atoms with van der Waals surface area (Å²) in [5, 5.41) is 14.3. The van der Waals surface area contributed by atoms with Crippen LogP contribution < -0.4 is 5.32 Å². The Bertz CT molecular complexity index is 596. The maximum absolute atomic E-state index is 9.96. The molecule has 106 valence electrons. The minimum Gasteiger partial charge on any atom is -0.508 e. The summed E-state index contributed by atoms with van der Waals surface area (Å²) in [6, 6.07) is 10.8. The Hall–Kier alpha value is -0.900. The highest BCUT2D eigenvalue weighted by molar-refractivity contribution is 9.10. The number of benzene rings is 2. The van der Waals surface area contributed by atoms with Crippen LogP contribution >= 0.6 is 39.1 Å². The predicted molar refractivity (Wildman–Crippen MR) is 88.9 cm³/mol.